The number of hydrogen-bond donors (Lipinski definition) is 1. The molecule has 0 amide bonds. The van der Waals surface area contributed by atoms with Crippen LogP contribution in [0.4, 0.5) is 0 Å². The molecule has 0 saturated heterocycles. The van der Waals surface area contributed by atoms with E-state index < -0.39 is 0 Å². The first-order valence-electron chi connectivity index (χ1n) is 7.46. The van der Waals surface area contributed by atoms with Crippen molar-refractivity contribution in [2.75, 3.05) is 6.61 Å². The summed E-state index contributed by atoms with van der Waals surface area (Å²) in [6.07, 6.45) is 4.45. The summed E-state index contributed by atoms with van der Waals surface area (Å²) >= 11 is 0. The molecule has 0 aromatic carbocycles. The van der Waals surface area contributed by atoms with Gasteiger partial charge in [0.25, 0.3) is 0 Å². The molecule has 112 valence electrons. The molecular weight excluding hydrogens is 240 g/mol. The normalized spacial score (nSPS) is 15.6. The van der Waals surface area contributed by atoms with Gasteiger partial charge in [-0.1, -0.05) is 46.6 Å². The van der Waals surface area contributed by atoms with Gasteiger partial charge in [0.1, 0.15) is 0 Å². The van der Waals surface area contributed by atoms with Gasteiger partial charge < -0.3 is 9.84 Å². The molecule has 3 heteroatoms. The summed E-state index contributed by atoms with van der Waals surface area (Å²) in [5, 5.41) is 10.1. The number of ether oxygens (including phenoxy) is 1. The van der Waals surface area contributed by atoms with Gasteiger partial charge in [-0.15, -0.1) is 0 Å². The predicted octanol–water partition coefficient (Wildman–Crippen LogP) is 3.71. The van der Waals surface area contributed by atoms with E-state index in [2.05, 4.69) is 27.4 Å². The van der Waals surface area contributed by atoms with Gasteiger partial charge in [0.2, 0.25) is 0 Å². The second-order valence-corrected chi connectivity index (χ2v) is 5.41. The minimum atomic E-state index is -0.319. The summed E-state index contributed by atoms with van der Waals surface area (Å²) in [4.78, 5) is 11.4. The smallest absolute Gasteiger partial charge is 0.333 e. The number of esters is 1. The van der Waals surface area contributed by atoms with Gasteiger partial charge in [-0.3, -0.25) is 0 Å². The maximum Gasteiger partial charge on any atom is 0.333 e. The Morgan fingerprint density at radius 2 is 1.89 bits per heavy atom. The van der Waals surface area contributed by atoms with Crippen molar-refractivity contribution in [1.82, 2.24) is 0 Å². The summed E-state index contributed by atoms with van der Waals surface area (Å²) in [7, 11) is 0. The molecule has 0 bridgehead atoms. The van der Waals surface area contributed by atoms with Crippen molar-refractivity contribution in [3.8, 4) is 0 Å². The van der Waals surface area contributed by atoms with Crippen LogP contribution in [0, 0.1) is 11.8 Å². The summed E-state index contributed by atoms with van der Waals surface area (Å²) in [5.74, 6) is 0.300. The number of aliphatic hydroxyl groups is 1. The van der Waals surface area contributed by atoms with Crippen LogP contribution < -0.4 is 0 Å². The van der Waals surface area contributed by atoms with Crippen LogP contribution in [0.25, 0.3) is 0 Å². The van der Waals surface area contributed by atoms with E-state index in [9.17, 15) is 9.90 Å². The minimum Gasteiger partial charge on any atom is -0.462 e. The molecule has 0 fully saturated rings. The fraction of sp³-hybridized carbons (Fsp3) is 0.812. The second-order valence-electron chi connectivity index (χ2n) is 5.41. The molecule has 0 aromatic heterocycles. The van der Waals surface area contributed by atoms with E-state index in [1.165, 1.54) is 0 Å². The third-order valence-electron chi connectivity index (χ3n) is 3.66. The van der Waals surface area contributed by atoms with Crippen molar-refractivity contribution >= 4 is 5.97 Å². The average molecular weight is 270 g/mol. The highest BCUT2D eigenvalue weighted by molar-refractivity contribution is 5.86. The first-order chi connectivity index (χ1) is 8.96. The number of carbonyl (C=O) groups excluding carboxylic acids is 1. The quantitative estimate of drug-likeness (QED) is 0.486. The van der Waals surface area contributed by atoms with Crippen LogP contribution in [0.5, 0.6) is 0 Å². The van der Waals surface area contributed by atoms with Gasteiger partial charge in [0.05, 0.1) is 12.7 Å². The molecule has 0 aromatic rings. The second kappa shape index (κ2) is 10.0. The standard InChI is InChI=1S/C16H30O3/c1-6-9-15(17)14(8-3)10-13(7-2)11-19-16(18)12(4)5/h13-15,17H,4,6-11H2,1-3,5H3. The number of rotatable bonds is 10. The van der Waals surface area contributed by atoms with E-state index in [4.69, 9.17) is 4.74 Å². The minimum absolute atomic E-state index is 0.235. The SMILES string of the molecule is C=C(C)C(=O)OCC(CC)CC(CC)C(O)CCC. The van der Waals surface area contributed by atoms with Gasteiger partial charge >= 0.3 is 5.97 Å². The third kappa shape index (κ3) is 7.36. The van der Waals surface area contributed by atoms with Gasteiger partial charge in [0.15, 0.2) is 0 Å². The molecule has 0 rings (SSSR count). The van der Waals surface area contributed by atoms with Crippen LogP contribution in [0.3, 0.4) is 0 Å². The molecule has 3 unspecified atom stereocenters. The Kier molecular flexibility index (Phi) is 9.58. The number of carbonyl (C=O) groups is 1. The lowest BCUT2D eigenvalue weighted by Crippen LogP contribution is -2.25. The molecule has 0 saturated carbocycles. The monoisotopic (exact) mass is 270 g/mol. The number of hydrogen-bond acceptors (Lipinski definition) is 3. The molecule has 0 aliphatic carbocycles. The first-order valence-corrected chi connectivity index (χ1v) is 7.46. The lowest BCUT2D eigenvalue weighted by Gasteiger charge is -2.25. The molecule has 0 aliphatic rings. The molecule has 1 N–H and O–H groups in total. The Balaban J connectivity index is 4.28. The van der Waals surface area contributed by atoms with E-state index in [0.717, 1.165) is 32.1 Å². The molecule has 0 radical (unpaired) electrons. The van der Waals surface area contributed by atoms with Crippen molar-refractivity contribution in [2.24, 2.45) is 11.8 Å². The van der Waals surface area contributed by atoms with Crippen LogP contribution >= 0.6 is 0 Å². The van der Waals surface area contributed by atoms with Gasteiger partial charge in [-0.2, -0.15) is 0 Å². The zero-order valence-corrected chi connectivity index (χ0v) is 12.9. The fourth-order valence-electron chi connectivity index (χ4n) is 2.22. The van der Waals surface area contributed by atoms with Crippen LogP contribution in [0.1, 0.15) is 59.8 Å². The van der Waals surface area contributed by atoms with E-state index in [0.29, 0.717) is 24.0 Å². The molecule has 19 heavy (non-hydrogen) atoms. The highest BCUT2D eigenvalue weighted by Gasteiger charge is 2.21. The summed E-state index contributed by atoms with van der Waals surface area (Å²) in [5.41, 5.74) is 0.438. The highest BCUT2D eigenvalue weighted by atomic mass is 16.5. The summed E-state index contributed by atoms with van der Waals surface area (Å²) in [6.45, 7) is 11.9. The zero-order valence-electron chi connectivity index (χ0n) is 12.9. The third-order valence-corrected chi connectivity index (χ3v) is 3.66. The lowest BCUT2D eigenvalue weighted by molar-refractivity contribution is -0.140. The molecule has 0 heterocycles. The van der Waals surface area contributed by atoms with Crippen molar-refractivity contribution < 1.29 is 14.6 Å². The Morgan fingerprint density at radius 3 is 2.32 bits per heavy atom. The predicted molar refractivity (Wildman–Crippen MR) is 78.9 cm³/mol. The largest absolute Gasteiger partial charge is 0.462 e. The van der Waals surface area contributed by atoms with E-state index in [1.54, 1.807) is 6.92 Å². The van der Waals surface area contributed by atoms with E-state index in [-0.39, 0.29) is 12.1 Å². The maximum atomic E-state index is 11.4. The van der Waals surface area contributed by atoms with Crippen molar-refractivity contribution in [3.05, 3.63) is 12.2 Å². The van der Waals surface area contributed by atoms with Crippen molar-refractivity contribution in [2.45, 2.75) is 65.9 Å². The van der Waals surface area contributed by atoms with E-state index in [1.807, 2.05) is 0 Å². The Bertz CT molecular complexity index is 273. The molecular formula is C16H30O3. The van der Waals surface area contributed by atoms with Crippen molar-refractivity contribution in [3.63, 3.8) is 0 Å². The highest BCUT2D eigenvalue weighted by Crippen LogP contribution is 2.24. The van der Waals surface area contributed by atoms with Gasteiger partial charge in [-0.05, 0) is 31.6 Å². The fourth-order valence-corrected chi connectivity index (χ4v) is 2.22. The maximum absolute atomic E-state index is 11.4. The molecule has 0 spiro atoms. The summed E-state index contributed by atoms with van der Waals surface area (Å²) in [6, 6.07) is 0. The van der Waals surface area contributed by atoms with Crippen molar-refractivity contribution in [1.29, 1.82) is 0 Å². The summed E-state index contributed by atoms with van der Waals surface area (Å²) < 4.78 is 5.22. The Labute approximate surface area is 118 Å². The van der Waals surface area contributed by atoms with Crippen LogP contribution in [-0.4, -0.2) is 23.8 Å². The molecule has 0 aliphatic heterocycles. The van der Waals surface area contributed by atoms with Crippen LogP contribution in [0.15, 0.2) is 12.2 Å². The van der Waals surface area contributed by atoms with Gasteiger partial charge in [-0.25, -0.2) is 4.79 Å². The van der Waals surface area contributed by atoms with Crippen LogP contribution in [-0.2, 0) is 9.53 Å². The van der Waals surface area contributed by atoms with E-state index >= 15 is 0 Å². The lowest BCUT2D eigenvalue weighted by atomic mass is 9.86. The molecule has 3 nitrogen and oxygen atoms in total. The zero-order chi connectivity index (χ0) is 14.8. The number of aliphatic hydroxyl groups excluding tert-OH is 1. The van der Waals surface area contributed by atoms with Crippen LogP contribution in [0.2, 0.25) is 0 Å². The average Bonchev–Trinajstić information content (AvgIpc) is 2.38. The Hall–Kier alpha value is -0.830. The molecule has 3 atom stereocenters. The Morgan fingerprint density at radius 1 is 1.26 bits per heavy atom. The van der Waals surface area contributed by atoms with Gasteiger partial charge in [0, 0.05) is 5.57 Å². The topological polar surface area (TPSA) is 46.5 Å². The first kappa shape index (κ1) is 18.2.